The summed E-state index contributed by atoms with van der Waals surface area (Å²) >= 11 is 0. The zero-order chi connectivity index (χ0) is 13.7. The molecule has 2 rings (SSSR count). The summed E-state index contributed by atoms with van der Waals surface area (Å²) in [5.74, 6) is 1.52. The van der Waals surface area contributed by atoms with Gasteiger partial charge in [0.1, 0.15) is 0 Å². The fourth-order valence-electron chi connectivity index (χ4n) is 3.10. The van der Waals surface area contributed by atoms with Crippen LogP contribution in [-0.2, 0) is 6.54 Å². The van der Waals surface area contributed by atoms with Crippen LogP contribution in [0.5, 0.6) is 0 Å². The normalized spacial score (nSPS) is 22.4. The van der Waals surface area contributed by atoms with Gasteiger partial charge in [-0.1, -0.05) is 36.8 Å². The SMILES string of the molecule is Cc1ccc(CN2CCCC(CC(C)CN)C2)cc1. The molecule has 1 aliphatic rings. The summed E-state index contributed by atoms with van der Waals surface area (Å²) in [5.41, 5.74) is 8.54. The number of likely N-dealkylation sites (tertiary alicyclic amines) is 1. The molecule has 19 heavy (non-hydrogen) atoms. The minimum atomic E-state index is 0.671. The fourth-order valence-corrected chi connectivity index (χ4v) is 3.10. The highest BCUT2D eigenvalue weighted by Gasteiger charge is 2.21. The van der Waals surface area contributed by atoms with E-state index in [-0.39, 0.29) is 0 Å². The summed E-state index contributed by atoms with van der Waals surface area (Å²) in [6.45, 7) is 8.86. The topological polar surface area (TPSA) is 29.3 Å². The third-order valence-corrected chi connectivity index (χ3v) is 4.27. The van der Waals surface area contributed by atoms with Crippen LogP contribution in [0.4, 0.5) is 0 Å². The zero-order valence-corrected chi connectivity index (χ0v) is 12.4. The Hall–Kier alpha value is -0.860. The Morgan fingerprint density at radius 2 is 2.05 bits per heavy atom. The van der Waals surface area contributed by atoms with Crippen molar-refractivity contribution in [1.29, 1.82) is 0 Å². The summed E-state index contributed by atoms with van der Waals surface area (Å²) in [6, 6.07) is 8.96. The van der Waals surface area contributed by atoms with Gasteiger partial charge in [0, 0.05) is 13.1 Å². The number of benzene rings is 1. The van der Waals surface area contributed by atoms with Gasteiger partial charge in [-0.3, -0.25) is 4.90 Å². The monoisotopic (exact) mass is 260 g/mol. The van der Waals surface area contributed by atoms with Crippen LogP contribution in [0.2, 0.25) is 0 Å². The van der Waals surface area contributed by atoms with E-state index >= 15 is 0 Å². The first-order chi connectivity index (χ1) is 9.17. The molecule has 0 saturated carbocycles. The Labute approximate surface area is 118 Å². The smallest absolute Gasteiger partial charge is 0.0233 e. The minimum absolute atomic E-state index is 0.671. The van der Waals surface area contributed by atoms with Crippen LogP contribution >= 0.6 is 0 Å². The Balaban J connectivity index is 1.85. The standard InChI is InChI=1S/C17H28N2/c1-14-5-7-16(8-6-14)12-19-9-3-4-17(13-19)10-15(2)11-18/h5-8,15,17H,3-4,9-13,18H2,1-2H3. The lowest BCUT2D eigenvalue weighted by atomic mass is 9.89. The average Bonchev–Trinajstić information content (AvgIpc) is 2.42. The molecule has 2 unspecified atom stereocenters. The number of aryl methyl sites for hydroxylation is 1. The minimum Gasteiger partial charge on any atom is -0.330 e. The molecule has 2 nitrogen and oxygen atoms in total. The van der Waals surface area contributed by atoms with Crippen LogP contribution in [0, 0.1) is 18.8 Å². The lowest BCUT2D eigenvalue weighted by Gasteiger charge is -2.34. The van der Waals surface area contributed by atoms with Crippen LogP contribution in [-0.4, -0.2) is 24.5 Å². The van der Waals surface area contributed by atoms with E-state index in [1.165, 1.54) is 43.5 Å². The van der Waals surface area contributed by atoms with Crippen LogP contribution in [0.1, 0.15) is 37.3 Å². The van der Waals surface area contributed by atoms with Crippen LogP contribution in [0.3, 0.4) is 0 Å². The van der Waals surface area contributed by atoms with Gasteiger partial charge in [0.25, 0.3) is 0 Å². The third kappa shape index (κ3) is 4.63. The first-order valence-electron chi connectivity index (χ1n) is 7.65. The number of piperidine rings is 1. The average molecular weight is 260 g/mol. The van der Waals surface area contributed by atoms with E-state index in [4.69, 9.17) is 5.73 Å². The summed E-state index contributed by atoms with van der Waals surface area (Å²) in [4.78, 5) is 2.61. The Morgan fingerprint density at radius 1 is 1.32 bits per heavy atom. The van der Waals surface area contributed by atoms with Crippen molar-refractivity contribution in [3.8, 4) is 0 Å². The number of nitrogens with zero attached hydrogens (tertiary/aromatic N) is 1. The molecule has 2 N–H and O–H groups in total. The predicted octanol–water partition coefficient (Wildman–Crippen LogP) is 3.19. The molecule has 106 valence electrons. The maximum atomic E-state index is 5.75. The van der Waals surface area contributed by atoms with Crippen molar-refractivity contribution in [2.75, 3.05) is 19.6 Å². The quantitative estimate of drug-likeness (QED) is 0.881. The van der Waals surface area contributed by atoms with Gasteiger partial charge in [-0.05, 0) is 56.7 Å². The van der Waals surface area contributed by atoms with Crippen molar-refractivity contribution in [2.45, 2.75) is 39.7 Å². The van der Waals surface area contributed by atoms with E-state index in [0.717, 1.165) is 19.0 Å². The van der Waals surface area contributed by atoms with Gasteiger partial charge in [0.2, 0.25) is 0 Å². The first-order valence-corrected chi connectivity index (χ1v) is 7.65. The van der Waals surface area contributed by atoms with E-state index in [0.29, 0.717) is 5.92 Å². The molecule has 0 aromatic heterocycles. The molecule has 0 aliphatic carbocycles. The summed E-state index contributed by atoms with van der Waals surface area (Å²) in [7, 11) is 0. The molecule has 2 atom stereocenters. The van der Waals surface area contributed by atoms with Gasteiger partial charge < -0.3 is 5.73 Å². The molecular weight excluding hydrogens is 232 g/mol. The molecule has 1 aromatic rings. The van der Waals surface area contributed by atoms with Crippen molar-refractivity contribution < 1.29 is 0 Å². The van der Waals surface area contributed by atoms with Crippen molar-refractivity contribution >= 4 is 0 Å². The molecule has 1 heterocycles. The summed E-state index contributed by atoms with van der Waals surface area (Å²) < 4.78 is 0. The van der Waals surface area contributed by atoms with Gasteiger partial charge in [0.15, 0.2) is 0 Å². The second-order valence-corrected chi connectivity index (χ2v) is 6.31. The highest BCUT2D eigenvalue weighted by atomic mass is 15.1. The number of rotatable bonds is 5. The van der Waals surface area contributed by atoms with Crippen molar-refractivity contribution in [3.63, 3.8) is 0 Å². The maximum absolute atomic E-state index is 5.75. The van der Waals surface area contributed by atoms with Crippen molar-refractivity contribution in [3.05, 3.63) is 35.4 Å². The van der Waals surface area contributed by atoms with Crippen LogP contribution in [0.15, 0.2) is 24.3 Å². The predicted molar refractivity (Wildman–Crippen MR) is 82.0 cm³/mol. The molecular formula is C17H28N2. The van der Waals surface area contributed by atoms with Gasteiger partial charge in [0.05, 0.1) is 0 Å². The van der Waals surface area contributed by atoms with Gasteiger partial charge in [-0.25, -0.2) is 0 Å². The lowest BCUT2D eigenvalue weighted by Crippen LogP contribution is -2.36. The van der Waals surface area contributed by atoms with Gasteiger partial charge in [-0.15, -0.1) is 0 Å². The molecule has 0 bridgehead atoms. The van der Waals surface area contributed by atoms with Crippen molar-refractivity contribution in [2.24, 2.45) is 17.6 Å². The Bertz CT molecular complexity index is 371. The second-order valence-electron chi connectivity index (χ2n) is 6.31. The molecule has 1 saturated heterocycles. The molecule has 1 aromatic carbocycles. The lowest BCUT2D eigenvalue weighted by molar-refractivity contribution is 0.152. The second kappa shape index (κ2) is 7.06. The molecule has 2 heteroatoms. The summed E-state index contributed by atoms with van der Waals surface area (Å²) in [6.07, 6.45) is 4.02. The molecule has 0 amide bonds. The van der Waals surface area contributed by atoms with E-state index in [9.17, 15) is 0 Å². The van der Waals surface area contributed by atoms with E-state index in [1.807, 2.05) is 0 Å². The van der Waals surface area contributed by atoms with E-state index in [2.05, 4.69) is 43.0 Å². The Kier molecular flexibility index (Phi) is 5.41. The molecule has 0 spiro atoms. The maximum Gasteiger partial charge on any atom is 0.0233 e. The summed E-state index contributed by atoms with van der Waals surface area (Å²) in [5, 5.41) is 0. The first kappa shape index (κ1) is 14.5. The highest BCUT2D eigenvalue weighted by molar-refractivity contribution is 5.21. The fraction of sp³-hybridized carbons (Fsp3) is 0.647. The van der Waals surface area contributed by atoms with Gasteiger partial charge in [-0.2, -0.15) is 0 Å². The van der Waals surface area contributed by atoms with E-state index < -0.39 is 0 Å². The number of hydrogen-bond donors (Lipinski definition) is 1. The zero-order valence-electron chi connectivity index (χ0n) is 12.4. The number of nitrogens with two attached hydrogens (primary N) is 1. The number of hydrogen-bond acceptors (Lipinski definition) is 2. The molecule has 0 radical (unpaired) electrons. The van der Waals surface area contributed by atoms with E-state index in [1.54, 1.807) is 0 Å². The molecule has 1 fully saturated rings. The van der Waals surface area contributed by atoms with Gasteiger partial charge >= 0.3 is 0 Å². The van der Waals surface area contributed by atoms with Crippen LogP contribution in [0.25, 0.3) is 0 Å². The highest BCUT2D eigenvalue weighted by Crippen LogP contribution is 2.24. The molecule has 1 aliphatic heterocycles. The largest absolute Gasteiger partial charge is 0.330 e. The van der Waals surface area contributed by atoms with Crippen LogP contribution < -0.4 is 5.73 Å². The Morgan fingerprint density at radius 3 is 2.74 bits per heavy atom. The van der Waals surface area contributed by atoms with Crippen molar-refractivity contribution in [1.82, 2.24) is 4.90 Å². The third-order valence-electron chi connectivity index (χ3n) is 4.27.